The molecule has 0 aliphatic carbocycles. The number of carboxylic acid groups (broad SMARTS) is 1. The van der Waals surface area contributed by atoms with Crippen LogP contribution in [0.25, 0.3) is 0 Å². The minimum atomic E-state index is -1.57. The molecule has 0 aromatic heterocycles. The number of carboxylic acids is 1. The highest BCUT2D eigenvalue weighted by atomic mass is 16.8. The molecule has 10 heavy (non-hydrogen) atoms. The van der Waals surface area contributed by atoms with Gasteiger partial charge >= 0.3 is 5.97 Å². The van der Waals surface area contributed by atoms with Crippen molar-refractivity contribution >= 4 is 5.97 Å². The third-order valence-electron chi connectivity index (χ3n) is 0.972. The van der Waals surface area contributed by atoms with Gasteiger partial charge in [-0.1, -0.05) is 0 Å². The van der Waals surface area contributed by atoms with E-state index in [1.54, 1.807) is 0 Å². The molecule has 3 N–H and O–H groups in total. The molecule has 6 nitrogen and oxygen atoms in total. The summed E-state index contributed by atoms with van der Waals surface area (Å²) in [6, 6.07) is 0. The van der Waals surface area contributed by atoms with E-state index in [0.717, 1.165) is 0 Å². The highest BCUT2D eigenvalue weighted by molar-refractivity contribution is 5.70. The van der Waals surface area contributed by atoms with Crippen LogP contribution in [-0.4, -0.2) is 40.2 Å². The van der Waals surface area contributed by atoms with Gasteiger partial charge in [-0.25, -0.2) is 4.79 Å². The molecule has 2 atom stereocenters. The Labute approximate surface area is 55.6 Å². The number of hydrogen-bond donors (Lipinski definition) is 3. The Hall–Kier alpha value is -0.690. The number of aliphatic hydroxyl groups is 2. The van der Waals surface area contributed by atoms with Gasteiger partial charge in [-0.2, -0.15) is 0 Å². The summed E-state index contributed by atoms with van der Waals surface area (Å²) in [5.41, 5.74) is 0. The first-order chi connectivity index (χ1) is 4.61. The molecule has 0 unspecified atom stereocenters. The van der Waals surface area contributed by atoms with Gasteiger partial charge in [0.2, 0.25) is 12.6 Å². The zero-order valence-corrected chi connectivity index (χ0v) is 4.80. The molecule has 0 spiro atoms. The lowest BCUT2D eigenvalue weighted by Crippen LogP contribution is -2.21. The minimum absolute atomic E-state index is 1.38. The van der Waals surface area contributed by atoms with E-state index in [1.807, 2.05) is 0 Å². The fourth-order valence-corrected chi connectivity index (χ4v) is 0.536. The highest BCUT2D eigenvalue weighted by Gasteiger charge is 2.37. The zero-order valence-electron chi connectivity index (χ0n) is 4.80. The average Bonchev–Trinajstić information content (AvgIpc) is 2.13. The number of ether oxygens (including phenoxy) is 2. The summed E-state index contributed by atoms with van der Waals surface area (Å²) in [5.74, 6) is -1.38. The summed E-state index contributed by atoms with van der Waals surface area (Å²) >= 11 is 0. The molecule has 0 saturated carbocycles. The molecular weight excluding hydrogens is 144 g/mol. The van der Waals surface area contributed by atoms with Crippen molar-refractivity contribution < 1.29 is 29.6 Å². The Bertz CT molecular complexity index is 135. The van der Waals surface area contributed by atoms with Crippen molar-refractivity contribution in [1.82, 2.24) is 0 Å². The second-order valence-electron chi connectivity index (χ2n) is 1.72. The molecule has 0 amide bonds. The molecular formula is C4H6O6. The van der Waals surface area contributed by atoms with Crippen molar-refractivity contribution in [2.45, 2.75) is 18.9 Å². The van der Waals surface area contributed by atoms with Gasteiger partial charge in [0.25, 0.3) is 6.29 Å². The number of carbonyl (C=O) groups is 1. The Morgan fingerprint density at radius 1 is 1.20 bits per heavy atom. The van der Waals surface area contributed by atoms with Crippen molar-refractivity contribution in [3.05, 3.63) is 0 Å². The van der Waals surface area contributed by atoms with E-state index in [4.69, 9.17) is 15.3 Å². The average molecular weight is 150 g/mol. The van der Waals surface area contributed by atoms with Crippen LogP contribution in [-0.2, 0) is 14.3 Å². The lowest BCUT2D eigenvalue weighted by Gasteiger charge is -1.99. The van der Waals surface area contributed by atoms with Crippen LogP contribution in [0, 0.1) is 0 Å². The van der Waals surface area contributed by atoms with Crippen molar-refractivity contribution in [3.63, 3.8) is 0 Å². The van der Waals surface area contributed by atoms with Crippen LogP contribution in [0.1, 0.15) is 0 Å². The molecule has 1 heterocycles. The van der Waals surface area contributed by atoms with Gasteiger partial charge in [0, 0.05) is 0 Å². The van der Waals surface area contributed by atoms with Crippen molar-refractivity contribution in [1.29, 1.82) is 0 Å². The molecule has 0 bridgehead atoms. The number of rotatable bonds is 1. The molecule has 1 aliphatic heterocycles. The summed E-state index contributed by atoms with van der Waals surface area (Å²) in [5, 5.41) is 25.3. The van der Waals surface area contributed by atoms with Gasteiger partial charge < -0.3 is 24.8 Å². The first-order valence-electron chi connectivity index (χ1n) is 2.51. The fraction of sp³-hybridized carbons (Fsp3) is 0.750. The lowest BCUT2D eigenvalue weighted by atomic mass is 10.6. The van der Waals surface area contributed by atoms with Gasteiger partial charge in [0.15, 0.2) is 0 Å². The Balaban J connectivity index is 2.49. The van der Waals surface area contributed by atoms with Gasteiger partial charge in [0.05, 0.1) is 0 Å². The third-order valence-corrected chi connectivity index (χ3v) is 0.972. The maximum Gasteiger partial charge on any atom is 0.361 e. The van der Waals surface area contributed by atoms with E-state index in [2.05, 4.69) is 9.47 Å². The summed E-state index contributed by atoms with van der Waals surface area (Å²) in [7, 11) is 0. The first kappa shape index (κ1) is 7.42. The quantitative estimate of drug-likeness (QED) is 0.403. The van der Waals surface area contributed by atoms with E-state index >= 15 is 0 Å². The van der Waals surface area contributed by atoms with Crippen LogP contribution >= 0.6 is 0 Å². The van der Waals surface area contributed by atoms with Gasteiger partial charge in [-0.15, -0.1) is 0 Å². The predicted molar refractivity (Wildman–Crippen MR) is 25.6 cm³/mol. The third kappa shape index (κ3) is 1.24. The summed E-state index contributed by atoms with van der Waals surface area (Å²) in [6.07, 6.45) is -4.70. The first-order valence-corrected chi connectivity index (χ1v) is 2.51. The highest BCUT2D eigenvalue weighted by Crippen LogP contribution is 2.14. The second kappa shape index (κ2) is 2.51. The molecule has 1 fully saturated rings. The van der Waals surface area contributed by atoms with Crippen LogP contribution in [0.5, 0.6) is 0 Å². The van der Waals surface area contributed by atoms with E-state index in [9.17, 15) is 4.79 Å². The smallest absolute Gasteiger partial charge is 0.361 e. The number of aliphatic carboxylic acids is 1. The molecule has 1 aliphatic rings. The van der Waals surface area contributed by atoms with E-state index in [-0.39, 0.29) is 0 Å². The standard InChI is InChI=1S/C4H6O6/c5-1(6)4-9-2(7)3(8)10-4/h2-4,7-8H,(H,5,6)/t2-,3-/m0/s1. The fourth-order valence-electron chi connectivity index (χ4n) is 0.536. The van der Waals surface area contributed by atoms with Crippen LogP contribution in [0.2, 0.25) is 0 Å². The normalized spacial score (nSPS) is 34.6. The van der Waals surface area contributed by atoms with Crippen molar-refractivity contribution in [2.75, 3.05) is 0 Å². The topological polar surface area (TPSA) is 96.2 Å². The monoisotopic (exact) mass is 150 g/mol. The van der Waals surface area contributed by atoms with Gasteiger partial charge in [-0.05, 0) is 0 Å². The Morgan fingerprint density at radius 3 is 1.80 bits per heavy atom. The minimum Gasteiger partial charge on any atom is -0.477 e. The van der Waals surface area contributed by atoms with Crippen LogP contribution in [0.4, 0.5) is 0 Å². The molecule has 0 aromatic carbocycles. The largest absolute Gasteiger partial charge is 0.477 e. The van der Waals surface area contributed by atoms with Crippen LogP contribution < -0.4 is 0 Å². The van der Waals surface area contributed by atoms with Crippen LogP contribution in [0.15, 0.2) is 0 Å². The summed E-state index contributed by atoms with van der Waals surface area (Å²) in [6.45, 7) is 0. The molecule has 1 saturated heterocycles. The number of hydrogen-bond acceptors (Lipinski definition) is 5. The molecule has 6 heteroatoms. The van der Waals surface area contributed by atoms with Crippen LogP contribution in [0.3, 0.4) is 0 Å². The van der Waals surface area contributed by atoms with Gasteiger partial charge in [-0.3, -0.25) is 0 Å². The maximum absolute atomic E-state index is 10.0. The summed E-state index contributed by atoms with van der Waals surface area (Å²) in [4.78, 5) is 10.0. The van der Waals surface area contributed by atoms with E-state index < -0.39 is 24.8 Å². The van der Waals surface area contributed by atoms with E-state index in [0.29, 0.717) is 0 Å². The Kier molecular flexibility index (Phi) is 1.86. The van der Waals surface area contributed by atoms with Crippen molar-refractivity contribution in [3.8, 4) is 0 Å². The number of aliphatic hydroxyl groups excluding tert-OH is 2. The lowest BCUT2D eigenvalue weighted by molar-refractivity contribution is -0.177. The second-order valence-corrected chi connectivity index (χ2v) is 1.72. The molecule has 58 valence electrons. The predicted octanol–water partition coefficient (Wildman–Crippen LogP) is -1.92. The zero-order chi connectivity index (χ0) is 7.72. The molecule has 1 rings (SSSR count). The summed E-state index contributed by atoms with van der Waals surface area (Å²) < 4.78 is 8.44. The van der Waals surface area contributed by atoms with E-state index in [1.165, 1.54) is 0 Å². The Morgan fingerprint density at radius 2 is 1.60 bits per heavy atom. The maximum atomic E-state index is 10.0. The molecule has 0 aromatic rings. The van der Waals surface area contributed by atoms with Gasteiger partial charge in [0.1, 0.15) is 0 Å². The van der Waals surface area contributed by atoms with Crippen molar-refractivity contribution in [2.24, 2.45) is 0 Å². The molecule has 0 radical (unpaired) electrons. The SMILES string of the molecule is O=C(O)C1O[C@H](O)[C@@H](O)O1.